The summed E-state index contributed by atoms with van der Waals surface area (Å²) in [4.78, 5) is 20.7. The molecule has 4 rings (SSSR count). The highest BCUT2D eigenvalue weighted by molar-refractivity contribution is 5.94. The number of halogens is 1. The first-order valence-electron chi connectivity index (χ1n) is 9.19. The van der Waals surface area contributed by atoms with Crippen molar-refractivity contribution in [3.8, 4) is 0 Å². The molecule has 0 saturated carbocycles. The fourth-order valence-electron chi connectivity index (χ4n) is 2.95. The lowest BCUT2D eigenvalue weighted by Crippen LogP contribution is -2.27. The van der Waals surface area contributed by atoms with E-state index in [1.165, 1.54) is 18.5 Å². The van der Waals surface area contributed by atoms with E-state index in [1.807, 2.05) is 18.2 Å². The molecule has 0 bridgehead atoms. The molecular formula is C21H19FN6O. The number of aromatic nitrogens is 4. The number of carbonyl (C=O) groups excluding carboxylic acids is 1. The first kappa shape index (κ1) is 18.5. The van der Waals surface area contributed by atoms with Crippen LogP contribution in [-0.4, -0.2) is 32.2 Å². The minimum Gasteiger partial charge on any atom is -0.365 e. The fraction of sp³-hybridized carbons (Fsp3) is 0.143. The minimum absolute atomic E-state index is 0.127. The van der Waals surface area contributed by atoms with Gasteiger partial charge in [-0.3, -0.25) is 4.79 Å². The summed E-state index contributed by atoms with van der Waals surface area (Å²) in [6, 6.07) is 15.4. The highest BCUT2D eigenvalue weighted by Gasteiger charge is 2.10. The Bertz CT molecular complexity index is 1110. The quantitative estimate of drug-likeness (QED) is 0.507. The molecule has 0 atom stereocenters. The van der Waals surface area contributed by atoms with Crippen molar-refractivity contribution < 1.29 is 9.18 Å². The van der Waals surface area contributed by atoms with Gasteiger partial charge >= 0.3 is 0 Å². The molecule has 2 N–H and O–H groups in total. The third kappa shape index (κ3) is 4.37. The number of anilines is 1. The predicted octanol–water partition coefficient (Wildman–Crippen LogP) is 3.01. The van der Waals surface area contributed by atoms with Gasteiger partial charge in [0.25, 0.3) is 5.91 Å². The van der Waals surface area contributed by atoms with Crippen molar-refractivity contribution in [2.45, 2.75) is 13.1 Å². The number of hydrogen-bond donors (Lipinski definition) is 2. The van der Waals surface area contributed by atoms with Crippen molar-refractivity contribution in [3.63, 3.8) is 0 Å². The fourth-order valence-corrected chi connectivity index (χ4v) is 2.95. The lowest BCUT2D eigenvalue weighted by Gasteiger charge is -2.08. The van der Waals surface area contributed by atoms with Crippen molar-refractivity contribution in [2.24, 2.45) is 0 Å². The van der Waals surface area contributed by atoms with Crippen LogP contribution in [0.1, 0.15) is 15.9 Å². The van der Waals surface area contributed by atoms with Crippen LogP contribution in [0.2, 0.25) is 0 Å². The largest absolute Gasteiger partial charge is 0.365 e. The Hall–Kier alpha value is -3.81. The molecule has 2 aromatic carbocycles. The maximum absolute atomic E-state index is 13.0. The SMILES string of the molecule is O=C(NCCn1ncc2c(NCc3ccc(F)cc3)ncnc21)c1ccccc1. The van der Waals surface area contributed by atoms with E-state index in [4.69, 9.17) is 0 Å². The van der Waals surface area contributed by atoms with E-state index in [1.54, 1.807) is 35.1 Å². The minimum atomic E-state index is -0.265. The second-order valence-electron chi connectivity index (χ2n) is 6.43. The molecule has 7 nitrogen and oxygen atoms in total. The van der Waals surface area contributed by atoms with Gasteiger partial charge in [-0.05, 0) is 29.8 Å². The van der Waals surface area contributed by atoms with Crippen LogP contribution in [0.4, 0.5) is 10.2 Å². The second-order valence-corrected chi connectivity index (χ2v) is 6.43. The van der Waals surface area contributed by atoms with Crippen molar-refractivity contribution in [1.29, 1.82) is 0 Å². The van der Waals surface area contributed by atoms with E-state index in [2.05, 4.69) is 25.7 Å². The average Bonchev–Trinajstić information content (AvgIpc) is 3.17. The van der Waals surface area contributed by atoms with Gasteiger partial charge in [0.15, 0.2) is 5.65 Å². The van der Waals surface area contributed by atoms with E-state index < -0.39 is 0 Å². The van der Waals surface area contributed by atoms with Crippen molar-refractivity contribution >= 4 is 22.8 Å². The zero-order valence-corrected chi connectivity index (χ0v) is 15.5. The molecule has 0 spiro atoms. The molecule has 29 heavy (non-hydrogen) atoms. The summed E-state index contributed by atoms with van der Waals surface area (Å²) >= 11 is 0. The van der Waals surface area contributed by atoms with Crippen LogP contribution in [0.3, 0.4) is 0 Å². The molecule has 2 heterocycles. The van der Waals surface area contributed by atoms with Crippen LogP contribution in [0.5, 0.6) is 0 Å². The first-order valence-corrected chi connectivity index (χ1v) is 9.19. The summed E-state index contributed by atoms with van der Waals surface area (Å²) < 4.78 is 14.8. The lowest BCUT2D eigenvalue weighted by molar-refractivity contribution is 0.0952. The summed E-state index contributed by atoms with van der Waals surface area (Å²) in [5, 5.41) is 11.3. The zero-order chi connectivity index (χ0) is 20.1. The molecule has 0 aliphatic carbocycles. The van der Waals surface area contributed by atoms with Gasteiger partial charge in [0.2, 0.25) is 0 Å². The lowest BCUT2D eigenvalue weighted by atomic mass is 10.2. The number of hydrogen-bond acceptors (Lipinski definition) is 5. The predicted molar refractivity (Wildman–Crippen MR) is 108 cm³/mol. The van der Waals surface area contributed by atoms with Gasteiger partial charge in [0.05, 0.1) is 18.1 Å². The van der Waals surface area contributed by atoms with E-state index >= 15 is 0 Å². The van der Waals surface area contributed by atoms with Crippen LogP contribution < -0.4 is 10.6 Å². The molecule has 0 fully saturated rings. The standard InChI is InChI=1S/C21H19FN6O/c22-17-8-6-15(7-9-17)12-24-19-18-13-27-28(20(18)26-14-25-19)11-10-23-21(29)16-4-2-1-3-5-16/h1-9,13-14H,10-12H2,(H,23,29)(H,24,25,26). The Balaban J connectivity index is 1.40. The van der Waals surface area contributed by atoms with Gasteiger partial charge in [-0.15, -0.1) is 0 Å². The summed E-state index contributed by atoms with van der Waals surface area (Å²) in [5.41, 5.74) is 2.23. The van der Waals surface area contributed by atoms with Gasteiger partial charge in [-0.25, -0.2) is 19.0 Å². The Kier molecular flexibility index (Phi) is 5.42. The Morgan fingerprint density at radius 3 is 2.62 bits per heavy atom. The van der Waals surface area contributed by atoms with Crippen molar-refractivity contribution in [2.75, 3.05) is 11.9 Å². The van der Waals surface area contributed by atoms with E-state index in [-0.39, 0.29) is 11.7 Å². The maximum Gasteiger partial charge on any atom is 0.251 e. The third-order valence-corrected chi connectivity index (χ3v) is 4.45. The highest BCUT2D eigenvalue weighted by atomic mass is 19.1. The van der Waals surface area contributed by atoms with Crippen molar-refractivity contribution in [1.82, 2.24) is 25.1 Å². The van der Waals surface area contributed by atoms with Gasteiger partial charge in [0.1, 0.15) is 18.0 Å². The summed E-state index contributed by atoms with van der Waals surface area (Å²) in [6.07, 6.45) is 3.16. The summed E-state index contributed by atoms with van der Waals surface area (Å²) in [5.74, 6) is 0.260. The highest BCUT2D eigenvalue weighted by Crippen LogP contribution is 2.19. The Morgan fingerprint density at radius 1 is 1.03 bits per heavy atom. The molecular weight excluding hydrogens is 371 g/mol. The summed E-state index contributed by atoms with van der Waals surface area (Å²) in [7, 11) is 0. The maximum atomic E-state index is 13.0. The summed E-state index contributed by atoms with van der Waals surface area (Å²) in [6.45, 7) is 1.41. The molecule has 2 aromatic heterocycles. The number of nitrogens with one attached hydrogen (secondary N) is 2. The molecule has 8 heteroatoms. The van der Waals surface area contributed by atoms with Gasteiger partial charge in [0, 0.05) is 18.7 Å². The van der Waals surface area contributed by atoms with E-state index in [0.717, 1.165) is 10.9 Å². The molecule has 0 unspecified atom stereocenters. The smallest absolute Gasteiger partial charge is 0.251 e. The zero-order valence-electron chi connectivity index (χ0n) is 15.5. The molecule has 0 saturated heterocycles. The van der Waals surface area contributed by atoms with Gasteiger partial charge in [-0.1, -0.05) is 30.3 Å². The molecule has 4 aromatic rings. The topological polar surface area (TPSA) is 84.7 Å². The van der Waals surface area contributed by atoms with Crippen LogP contribution >= 0.6 is 0 Å². The molecule has 0 aliphatic heterocycles. The number of amides is 1. The third-order valence-electron chi connectivity index (χ3n) is 4.45. The van der Waals surface area contributed by atoms with E-state index in [0.29, 0.717) is 36.7 Å². The number of nitrogens with zero attached hydrogens (tertiary/aromatic N) is 4. The Morgan fingerprint density at radius 2 is 1.83 bits per heavy atom. The number of rotatable bonds is 7. The Labute approximate surface area is 166 Å². The van der Waals surface area contributed by atoms with Crippen LogP contribution in [-0.2, 0) is 13.1 Å². The molecule has 146 valence electrons. The number of fused-ring (bicyclic) bond motifs is 1. The molecule has 0 radical (unpaired) electrons. The number of carbonyl (C=O) groups is 1. The van der Waals surface area contributed by atoms with Crippen molar-refractivity contribution in [3.05, 3.63) is 84.1 Å². The second kappa shape index (κ2) is 8.47. The van der Waals surface area contributed by atoms with Crippen LogP contribution in [0, 0.1) is 5.82 Å². The number of benzene rings is 2. The monoisotopic (exact) mass is 390 g/mol. The van der Waals surface area contributed by atoms with Gasteiger partial charge in [-0.2, -0.15) is 5.10 Å². The normalized spacial score (nSPS) is 10.8. The molecule has 0 aliphatic rings. The first-order chi connectivity index (χ1) is 14.2. The average molecular weight is 390 g/mol. The van der Waals surface area contributed by atoms with E-state index in [9.17, 15) is 9.18 Å². The van der Waals surface area contributed by atoms with Crippen LogP contribution in [0.15, 0.2) is 67.1 Å². The van der Waals surface area contributed by atoms with Crippen LogP contribution in [0.25, 0.3) is 11.0 Å². The van der Waals surface area contributed by atoms with Gasteiger partial charge < -0.3 is 10.6 Å². The molecule has 1 amide bonds.